The lowest BCUT2D eigenvalue weighted by molar-refractivity contribution is -0.114. The Morgan fingerprint density at radius 1 is 1.46 bits per heavy atom. The molecule has 1 amide bonds. The fourth-order valence-corrected chi connectivity index (χ4v) is 1.23. The molecule has 1 rings (SSSR count). The summed E-state index contributed by atoms with van der Waals surface area (Å²) in [4.78, 5) is 10.8. The topological polar surface area (TPSA) is 29.1 Å². The van der Waals surface area contributed by atoms with Crippen LogP contribution in [0.2, 0.25) is 0 Å². The molecule has 1 aromatic rings. The average Bonchev–Trinajstić information content (AvgIpc) is 2.08. The van der Waals surface area contributed by atoms with Gasteiger partial charge in [-0.25, -0.2) is 0 Å². The first kappa shape index (κ1) is 9.78. The molecule has 1 aromatic carbocycles. The second-order valence-electron chi connectivity index (χ2n) is 2.95. The van der Waals surface area contributed by atoms with E-state index in [1.807, 2.05) is 31.2 Å². The van der Waals surface area contributed by atoms with Crippen molar-refractivity contribution in [2.75, 3.05) is 5.32 Å². The minimum absolute atomic E-state index is 0.0245. The van der Waals surface area contributed by atoms with Gasteiger partial charge in [-0.1, -0.05) is 25.1 Å². The normalized spacial score (nSPS) is 9.69. The number of amides is 1. The highest BCUT2D eigenvalue weighted by Crippen LogP contribution is 2.15. The van der Waals surface area contributed by atoms with Crippen molar-refractivity contribution in [1.29, 1.82) is 0 Å². The van der Waals surface area contributed by atoms with E-state index in [1.54, 1.807) is 0 Å². The summed E-state index contributed by atoms with van der Waals surface area (Å²) in [6.45, 7) is 3.52. The van der Waals surface area contributed by atoms with Crippen molar-refractivity contribution in [1.82, 2.24) is 0 Å². The summed E-state index contributed by atoms with van der Waals surface area (Å²) < 4.78 is 0. The summed E-state index contributed by atoms with van der Waals surface area (Å²) >= 11 is 0. The second-order valence-corrected chi connectivity index (χ2v) is 2.95. The van der Waals surface area contributed by atoms with E-state index in [-0.39, 0.29) is 5.91 Å². The maximum Gasteiger partial charge on any atom is 0.221 e. The number of nitrogens with one attached hydrogen (secondary N) is 1. The minimum atomic E-state index is -0.0245. The van der Waals surface area contributed by atoms with Crippen LogP contribution in [0, 0.1) is 6.42 Å². The zero-order valence-corrected chi connectivity index (χ0v) is 8.00. The maximum absolute atomic E-state index is 10.8. The van der Waals surface area contributed by atoms with Crippen molar-refractivity contribution in [2.45, 2.75) is 20.3 Å². The van der Waals surface area contributed by atoms with Crippen LogP contribution in [0.5, 0.6) is 0 Å². The number of rotatable bonds is 3. The number of para-hydroxylation sites is 1. The third-order valence-electron chi connectivity index (χ3n) is 1.75. The summed E-state index contributed by atoms with van der Waals surface area (Å²) in [5, 5.41) is 2.80. The van der Waals surface area contributed by atoms with Crippen LogP contribution in [0.1, 0.15) is 19.4 Å². The predicted molar refractivity (Wildman–Crippen MR) is 54.4 cm³/mol. The molecule has 0 bridgehead atoms. The van der Waals surface area contributed by atoms with Crippen LogP contribution in [0.4, 0.5) is 5.69 Å². The van der Waals surface area contributed by atoms with Gasteiger partial charge in [-0.15, -0.1) is 0 Å². The molecule has 1 N–H and O–H groups in total. The van der Waals surface area contributed by atoms with Crippen molar-refractivity contribution >= 4 is 11.6 Å². The van der Waals surface area contributed by atoms with Gasteiger partial charge in [0, 0.05) is 12.6 Å². The molecule has 0 heterocycles. The number of anilines is 1. The smallest absolute Gasteiger partial charge is 0.221 e. The Morgan fingerprint density at radius 2 is 2.15 bits per heavy atom. The van der Waals surface area contributed by atoms with E-state index in [9.17, 15) is 4.79 Å². The molecular formula is C11H14NO. The molecular weight excluding hydrogens is 162 g/mol. The van der Waals surface area contributed by atoms with E-state index in [0.717, 1.165) is 17.7 Å². The van der Waals surface area contributed by atoms with Gasteiger partial charge in [0.15, 0.2) is 0 Å². The Kier molecular flexibility index (Phi) is 3.50. The van der Waals surface area contributed by atoms with Gasteiger partial charge in [0.1, 0.15) is 0 Å². The molecule has 0 saturated heterocycles. The van der Waals surface area contributed by atoms with Gasteiger partial charge < -0.3 is 5.32 Å². The van der Waals surface area contributed by atoms with Gasteiger partial charge in [-0.3, -0.25) is 4.79 Å². The summed E-state index contributed by atoms with van der Waals surface area (Å²) in [6, 6.07) is 7.83. The molecule has 69 valence electrons. The summed E-state index contributed by atoms with van der Waals surface area (Å²) in [6.07, 6.45) is 2.96. The highest BCUT2D eigenvalue weighted by Gasteiger charge is 2.00. The van der Waals surface area contributed by atoms with E-state index >= 15 is 0 Å². The Labute approximate surface area is 79.0 Å². The third-order valence-corrected chi connectivity index (χ3v) is 1.75. The maximum atomic E-state index is 10.8. The molecule has 1 radical (unpaired) electrons. The number of benzene rings is 1. The molecule has 13 heavy (non-hydrogen) atoms. The molecule has 0 aliphatic carbocycles. The summed E-state index contributed by atoms with van der Waals surface area (Å²) in [5.74, 6) is -0.0245. The molecule has 0 aliphatic heterocycles. The second kappa shape index (κ2) is 4.65. The lowest BCUT2D eigenvalue weighted by atomic mass is 10.1. The monoisotopic (exact) mass is 176 g/mol. The fraction of sp³-hybridized carbons (Fsp3) is 0.273. The van der Waals surface area contributed by atoms with E-state index in [4.69, 9.17) is 0 Å². The fourth-order valence-electron chi connectivity index (χ4n) is 1.23. The molecule has 0 unspecified atom stereocenters. The lowest BCUT2D eigenvalue weighted by Gasteiger charge is -2.07. The number of hydrogen-bond donors (Lipinski definition) is 1. The Hall–Kier alpha value is -1.31. The van der Waals surface area contributed by atoms with Gasteiger partial charge in [0.25, 0.3) is 0 Å². The summed E-state index contributed by atoms with van der Waals surface area (Å²) in [5.41, 5.74) is 2.06. The first-order valence-electron chi connectivity index (χ1n) is 4.37. The Bertz CT molecular complexity index is 294. The van der Waals surface area contributed by atoms with Gasteiger partial charge in [0.05, 0.1) is 0 Å². The van der Waals surface area contributed by atoms with Crippen LogP contribution in [0.3, 0.4) is 0 Å². The van der Waals surface area contributed by atoms with E-state index < -0.39 is 0 Å². The molecule has 0 atom stereocenters. The first-order valence-corrected chi connectivity index (χ1v) is 4.37. The Morgan fingerprint density at radius 3 is 2.77 bits per heavy atom. The van der Waals surface area contributed by atoms with Crippen molar-refractivity contribution < 1.29 is 4.79 Å². The lowest BCUT2D eigenvalue weighted by Crippen LogP contribution is -2.07. The SMILES string of the molecule is C[CH]Cc1ccccc1NC(C)=O. The van der Waals surface area contributed by atoms with Gasteiger partial charge in [-0.2, -0.15) is 0 Å². The van der Waals surface area contributed by atoms with Crippen molar-refractivity contribution in [2.24, 2.45) is 0 Å². The van der Waals surface area contributed by atoms with Crippen LogP contribution in [-0.4, -0.2) is 5.91 Å². The molecule has 0 spiro atoms. The standard InChI is InChI=1S/C11H14NO/c1-3-6-10-7-4-5-8-11(10)12-9(2)13/h3-5,7-8H,6H2,1-2H3,(H,12,13). The number of hydrogen-bond acceptors (Lipinski definition) is 1. The van der Waals surface area contributed by atoms with Crippen molar-refractivity contribution in [3.63, 3.8) is 0 Å². The van der Waals surface area contributed by atoms with Crippen LogP contribution < -0.4 is 5.32 Å². The first-order chi connectivity index (χ1) is 6.24. The van der Waals surface area contributed by atoms with Crippen LogP contribution in [0.25, 0.3) is 0 Å². The van der Waals surface area contributed by atoms with E-state index in [1.165, 1.54) is 6.92 Å². The van der Waals surface area contributed by atoms with Crippen LogP contribution >= 0.6 is 0 Å². The van der Waals surface area contributed by atoms with Gasteiger partial charge in [-0.05, 0) is 24.5 Å². The molecule has 0 aliphatic rings. The average molecular weight is 176 g/mol. The summed E-state index contributed by atoms with van der Waals surface area (Å²) in [7, 11) is 0. The van der Waals surface area contributed by atoms with Gasteiger partial charge >= 0.3 is 0 Å². The van der Waals surface area contributed by atoms with Crippen molar-refractivity contribution in [3.05, 3.63) is 36.2 Å². The molecule has 2 heteroatoms. The number of carbonyl (C=O) groups is 1. The zero-order valence-electron chi connectivity index (χ0n) is 8.00. The zero-order chi connectivity index (χ0) is 9.68. The van der Waals surface area contributed by atoms with E-state index in [0.29, 0.717) is 0 Å². The molecule has 0 saturated carbocycles. The highest BCUT2D eigenvalue weighted by atomic mass is 16.1. The molecule has 0 aromatic heterocycles. The number of carbonyl (C=O) groups excluding carboxylic acids is 1. The Balaban J connectivity index is 2.84. The largest absolute Gasteiger partial charge is 0.326 e. The predicted octanol–water partition coefficient (Wildman–Crippen LogP) is 2.41. The van der Waals surface area contributed by atoms with Crippen molar-refractivity contribution in [3.8, 4) is 0 Å². The van der Waals surface area contributed by atoms with Crippen LogP contribution in [0.15, 0.2) is 24.3 Å². The van der Waals surface area contributed by atoms with Crippen LogP contribution in [-0.2, 0) is 11.2 Å². The minimum Gasteiger partial charge on any atom is -0.326 e. The molecule has 0 fully saturated rings. The quantitative estimate of drug-likeness (QED) is 0.752. The molecule has 2 nitrogen and oxygen atoms in total. The van der Waals surface area contributed by atoms with Gasteiger partial charge in [0.2, 0.25) is 5.91 Å². The van der Waals surface area contributed by atoms with E-state index in [2.05, 4.69) is 11.7 Å². The third kappa shape index (κ3) is 2.90. The highest BCUT2D eigenvalue weighted by molar-refractivity contribution is 5.89.